The molecular formula is C17H15Br2N3O. The van der Waals surface area contributed by atoms with Crippen molar-refractivity contribution >= 4 is 31.9 Å². The van der Waals surface area contributed by atoms with Gasteiger partial charge in [0.15, 0.2) is 11.6 Å². The third-order valence-electron chi connectivity index (χ3n) is 3.47. The van der Waals surface area contributed by atoms with Crippen molar-refractivity contribution < 1.29 is 4.74 Å². The number of rotatable bonds is 5. The molecule has 0 aliphatic heterocycles. The molecule has 0 aliphatic carbocycles. The van der Waals surface area contributed by atoms with Crippen molar-refractivity contribution in [2.45, 2.75) is 6.54 Å². The summed E-state index contributed by atoms with van der Waals surface area (Å²) in [7, 11) is 1.70. The van der Waals surface area contributed by atoms with E-state index in [0.717, 1.165) is 31.7 Å². The first-order valence-electron chi connectivity index (χ1n) is 7.13. The van der Waals surface area contributed by atoms with E-state index in [1.165, 1.54) is 0 Å². The lowest BCUT2D eigenvalue weighted by Crippen LogP contribution is -2.07. The lowest BCUT2D eigenvalue weighted by atomic mass is 10.2. The summed E-state index contributed by atoms with van der Waals surface area (Å²) in [5.74, 6) is 1.68. The Morgan fingerprint density at radius 1 is 0.826 bits per heavy atom. The number of halogens is 2. The lowest BCUT2D eigenvalue weighted by Gasteiger charge is -2.10. The molecule has 0 atom stereocenters. The average molecular weight is 437 g/mol. The second-order valence-electron chi connectivity index (χ2n) is 5.01. The number of hydrogen-bond acceptors (Lipinski definition) is 3. The Labute approximate surface area is 151 Å². The van der Waals surface area contributed by atoms with Crippen LogP contribution in [0.5, 0.6) is 0 Å². The van der Waals surface area contributed by atoms with Gasteiger partial charge in [0.25, 0.3) is 0 Å². The van der Waals surface area contributed by atoms with Crippen molar-refractivity contribution in [2.75, 3.05) is 13.7 Å². The quantitative estimate of drug-likeness (QED) is 0.577. The van der Waals surface area contributed by atoms with Crippen LogP contribution in [0.1, 0.15) is 0 Å². The fourth-order valence-electron chi connectivity index (χ4n) is 2.32. The average Bonchev–Trinajstić information content (AvgIpc) is 2.98. The Morgan fingerprint density at radius 3 is 1.65 bits per heavy atom. The number of benzene rings is 2. The van der Waals surface area contributed by atoms with Crippen LogP contribution in [0, 0.1) is 0 Å². The summed E-state index contributed by atoms with van der Waals surface area (Å²) in [5, 5.41) is 8.80. The number of nitrogens with zero attached hydrogens (tertiary/aromatic N) is 3. The van der Waals surface area contributed by atoms with Gasteiger partial charge in [0.2, 0.25) is 0 Å². The molecule has 6 heteroatoms. The summed E-state index contributed by atoms with van der Waals surface area (Å²) in [6, 6.07) is 16.1. The zero-order chi connectivity index (χ0) is 16.2. The molecule has 0 fully saturated rings. The van der Waals surface area contributed by atoms with E-state index < -0.39 is 0 Å². The van der Waals surface area contributed by atoms with Crippen molar-refractivity contribution in [2.24, 2.45) is 0 Å². The van der Waals surface area contributed by atoms with E-state index in [4.69, 9.17) is 4.74 Å². The molecule has 4 nitrogen and oxygen atoms in total. The van der Waals surface area contributed by atoms with Gasteiger partial charge in [-0.15, -0.1) is 10.2 Å². The van der Waals surface area contributed by atoms with Gasteiger partial charge < -0.3 is 9.30 Å². The van der Waals surface area contributed by atoms with Crippen LogP contribution < -0.4 is 0 Å². The molecule has 0 radical (unpaired) electrons. The van der Waals surface area contributed by atoms with Crippen LogP contribution in [0.25, 0.3) is 22.8 Å². The van der Waals surface area contributed by atoms with Gasteiger partial charge in [-0.1, -0.05) is 56.1 Å². The minimum atomic E-state index is 0.602. The van der Waals surface area contributed by atoms with E-state index >= 15 is 0 Å². The van der Waals surface area contributed by atoms with E-state index in [1.807, 2.05) is 48.5 Å². The predicted molar refractivity (Wildman–Crippen MR) is 98.2 cm³/mol. The van der Waals surface area contributed by atoms with Crippen LogP contribution in [0.15, 0.2) is 57.5 Å². The third-order valence-corrected chi connectivity index (χ3v) is 4.53. The van der Waals surface area contributed by atoms with Crippen molar-refractivity contribution in [1.29, 1.82) is 0 Å². The SMILES string of the molecule is COCCn1c(-c2ccc(Br)cc2)nnc1-c1ccc(Br)cc1. The van der Waals surface area contributed by atoms with E-state index in [0.29, 0.717) is 13.2 Å². The van der Waals surface area contributed by atoms with Crippen molar-refractivity contribution in [3.63, 3.8) is 0 Å². The van der Waals surface area contributed by atoms with Crippen LogP contribution >= 0.6 is 31.9 Å². The predicted octanol–water partition coefficient (Wildman–Crippen LogP) is 4.78. The Kier molecular flexibility index (Phi) is 5.25. The number of ether oxygens (including phenoxy) is 1. The van der Waals surface area contributed by atoms with E-state index in [9.17, 15) is 0 Å². The summed E-state index contributed by atoms with van der Waals surface area (Å²) >= 11 is 6.92. The van der Waals surface area contributed by atoms with Gasteiger partial charge in [-0.3, -0.25) is 0 Å². The smallest absolute Gasteiger partial charge is 0.164 e. The molecule has 2 aromatic carbocycles. The van der Waals surface area contributed by atoms with Gasteiger partial charge in [-0.2, -0.15) is 0 Å². The highest BCUT2D eigenvalue weighted by Gasteiger charge is 2.15. The summed E-state index contributed by atoms with van der Waals surface area (Å²) in [6.45, 7) is 1.30. The molecule has 1 heterocycles. The Morgan fingerprint density at radius 2 is 1.26 bits per heavy atom. The van der Waals surface area contributed by atoms with Crippen LogP contribution in [0.2, 0.25) is 0 Å². The first-order chi connectivity index (χ1) is 11.2. The Hall–Kier alpha value is -1.50. The van der Waals surface area contributed by atoms with Gasteiger partial charge in [0.05, 0.1) is 6.61 Å². The van der Waals surface area contributed by atoms with Gasteiger partial charge >= 0.3 is 0 Å². The van der Waals surface area contributed by atoms with Crippen LogP contribution in [0.4, 0.5) is 0 Å². The lowest BCUT2D eigenvalue weighted by molar-refractivity contribution is 0.188. The molecule has 118 valence electrons. The maximum atomic E-state index is 5.24. The highest BCUT2D eigenvalue weighted by molar-refractivity contribution is 9.10. The van der Waals surface area contributed by atoms with Crippen molar-refractivity contribution in [3.05, 3.63) is 57.5 Å². The highest BCUT2D eigenvalue weighted by atomic mass is 79.9. The minimum absolute atomic E-state index is 0.602. The van der Waals surface area contributed by atoms with Crippen LogP contribution in [0.3, 0.4) is 0 Å². The Balaban J connectivity index is 2.06. The Bertz CT molecular complexity index is 720. The van der Waals surface area contributed by atoms with Gasteiger partial charge in [0, 0.05) is 33.7 Å². The summed E-state index contributed by atoms with van der Waals surface area (Å²) in [4.78, 5) is 0. The second kappa shape index (κ2) is 7.38. The summed E-state index contributed by atoms with van der Waals surface area (Å²) in [5.41, 5.74) is 2.06. The molecule has 0 saturated heterocycles. The standard InChI is InChI=1S/C17H15Br2N3O/c1-23-11-10-22-16(12-2-6-14(18)7-3-12)20-21-17(22)13-4-8-15(19)9-5-13/h2-9H,10-11H2,1H3. The zero-order valence-electron chi connectivity index (χ0n) is 12.5. The molecule has 0 N–H and O–H groups in total. The van der Waals surface area contributed by atoms with Crippen LogP contribution in [-0.4, -0.2) is 28.5 Å². The summed E-state index contributed by atoms with van der Waals surface area (Å²) < 4.78 is 9.42. The molecule has 0 unspecified atom stereocenters. The first-order valence-corrected chi connectivity index (χ1v) is 8.71. The molecular weight excluding hydrogens is 422 g/mol. The van der Waals surface area contributed by atoms with E-state index in [-0.39, 0.29) is 0 Å². The van der Waals surface area contributed by atoms with Gasteiger partial charge in [0.1, 0.15) is 0 Å². The third kappa shape index (κ3) is 3.71. The van der Waals surface area contributed by atoms with E-state index in [1.54, 1.807) is 7.11 Å². The number of hydrogen-bond donors (Lipinski definition) is 0. The monoisotopic (exact) mass is 435 g/mol. The zero-order valence-corrected chi connectivity index (χ0v) is 15.7. The largest absolute Gasteiger partial charge is 0.383 e. The van der Waals surface area contributed by atoms with Crippen molar-refractivity contribution in [3.8, 4) is 22.8 Å². The second-order valence-corrected chi connectivity index (χ2v) is 6.84. The van der Waals surface area contributed by atoms with E-state index in [2.05, 4.69) is 46.6 Å². The van der Waals surface area contributed by atoms with Gasteiger partial charge in [-0.05, 0) is 24.3 Å². The maximum absolute atomic E-state index is 5.24. The normalized spacial score (nSPS) is 10.9. The molecule has 1 aromatic heterocycles. The number of aromatic nitrogens is 3. The molecule has 0 saturated carbocycles. The molecule has 0 bridgehead atoms. The van der Waals surface area contributed by atoms with Crippen molar-refractivity contribution in [1.82, 2.24) is 14.8 Å². The topological polar surface area (TPSA) is 39.9 Å². The minimum Gasteiger partial charge on any atom is -0.383 e. The summed E-state index contributed by atoms with van der Waals surface area (Å²) in [6.07, 6.45) is 0. The maximum Gasteiger partial charge on any atom is 0.164 e. The molecule has 3 aromatic rings. The first kappa shape index (κ1) is 16.4. The molecule has 0 spiro atoms. The van der Waals surface area contributed by atoms with Crippen LogP contribution in [-0.2, 0) is 11.3 Å². The fraction of sp³-hybridized carbons (Fsp3) is 0.176. The van der Waals surface area contributed by atoms with Gasteiger partial charge in [-0.25, -0.2) is 0 Å². The molecule has 0 amide bonds. The molecule has 0 aliphatic rings. The molecule has 23 heavy (non-hydrogen) atoms. The highest BCUT2D eigenvalue weighted by Crippen LogP contribution is 2.26. The fourth-order valence-corrected chi connectivity index (χ4v) is 2.85. The molecule has 3 rings (SSSR count). The number of methoxy groups -OCH3 is 1.